The van der Waals surface area contributed by atoms with Gasteiger partial charge in [-0.15, -0.1) is 0 Å². The van der Waals surface area contributed by atoms with E-state index >= 15 is 0 Å². The van der Waals surface area contributed by atoms with Gasteiger partial charge in [-0.1, -0.05) is 23.7 Å². The van der Waals surface area contributed by atoms with Crippen molar-refractivity contribution in [3.63, 3.8) is 0 Å². The van der Waals surface area contributed by atoms with Gasteiger partial charge < -0.3 is 9.47 Å². The zero-order chi connectivity index (χ0) is 19.6. The minimum Gasteiger partial charge on any atom is -0.493 e. The van der Waals surface area contributed by atoms with Crippen molar-refractivity contribution >= 4 is 40.6 Å². The van der Waals surface area contributed by atoms with Gasteiger partial charge in [-0.2, -0.15) is 0 Å². The number of nitrogens with zero attached hydrogens (tertiary/aromatic N) is 1. The maximum Gasteiger partial charge on any atom is 0.293 e. The topological polar surface area (TPSA) is 55.8 Å². The summed E-state index contributed by atoms with van der Waals surface area (Å²) in [6.45, 7) is 0.0783. The molecule has 5 nitrogen and oxygen atoms in total. The van der Waals surface area contributed by atoms with E-state index in [9.17, 15) is 14.0 Å². The Morgan fingerprint density at radius 2 is 1.85 bits per heavy atom. The van der Waals surface area contributed by atoms with Crippen LogP contribution < -0.4 is 9.47 Å². The van der Waals surface area contributed by atoms with Crippen LogP contribution >= 0.6 is 23.4 Å². The molecule has 0 spiro atoms. The van der Waals surface area contributed by atoms with Gasteiger partial charge in [0, 0.05) is 0 Å². The number of amides is 2. The Labute approximate surface area is 164 Å². The summed E-state index contributed by atoms with van der Waals surface area (Å²) in [6.07, 6.45) is 1.57. The molecule has 3 rings (SSSR count). The van der Waals surface area contributed by atoms with Crippen LogP contribution in [0.4, 0.5) is 9.18 Å². The molecule has 0 N–H and O–H groups in total. The second kappa shape index (κ2) is 8.02. The normalized spacial score (nSPS) is 15.6. The molecule has 140 valence electrons. The minimum atomic E-state index is -0.416. The number of ether oxygens (including phenoxy) is 2. The maximum atomic E-state index is 13.0. The quantitative estimate of drug-likeness (QED) is 0.670. The van der Waals surface area contributed by atoms with Gasteiger partial charge in [-0.3, -0.25) is 14.5 Å². The van der Waals surface area contributed by atoms with Gasteiger partial charge in [0.05, 0.1) is 30.7 Å². The van der Waals surface area contributed by atoms with Crippen LogP contribution in [0.5, 0.6) is 11.5 Å². The lowest BCUT2D eigenvalue weighted by Gasteiger charge is -2.12. The molecule has 2 aromatic rings. The molecule has 0 aliphatic carbocycles. The van der Waals surface area contributed by atoms with Crippen LogP contribution in [0.2, 0.25) is 5.02 Å². The molecule has 1 aliphatic heterocycles. The molecular formula is C19H15ClFNO4S. The van der Waals surface area contributed by atoms with E-state index in [1.807, 2.05) is 0 Å². The van der Waals surface area contributed by atoms with Crippen molar-refractivity contribution in [1.82, 2.24) is 4.90 Å². The number of thioether (sulfide) groups is 1. The van der Waals surface area contributed by atoms with Crippen molar-refractivity contribution in [3.8, 4) is 11.5 Å². The van der Waals surface area contributed by atoms with Crippen LogP contribution in [0.3, 0.4) is 0 Å². The van der Waals surface area contributed by atoms with E-state index in [1.54, 1.807) is 18.2 Å². The Kier molecular flexibility index (Phi) is 5.72. The van der Waals surface area contributed by atoms with Crippen molar-refractivity contribution in [2.75, 3.05) is 14.2 Å². The highest BCUT2D eigenvalue weighted by molar-refractivity contribution is 8.18. The molecule has 0 unspecified atom stereocenters. The maximum absolute atomic E-state index is 13.0. The van der Waals surface area contributed by atoms with Gasteiger partial charge in [0.25, 0.3) is 11.1 Å². The molecule has 1 aliphatic rings. The first kappa shape index (κ1) is 19.3. The van der Waals surface area contributed by atoms with Crippen molar-refractivity contribution in [2.45, 2.75) is 6.54 Å². The molecule has 27 heavy (non-hydrogen) atoms. The number of hydrogen-bond acceptors (Lipinski definition) is 5. The molecule has 2 amide bonds. The summed E-state index contributed by atoms with van der Waals surface area (Å²) in [5, 5.41) is -0.0595. The lowest BCUT2D eigenvalue weighted by Crippen LogP contribution is -2.27. The number of hydrogen-bond donors (Lipinski definition) is 0. The fourth-order valence-corrected chi connectivity index (χ4v) is 3.72. The Hall–Kier alpha value is -2.51. The van der Waals surface area contributed by atoms with Gasteiger partial charge in [0.2, 0.25) is 0 Å². The largest absolute Gasteiger partial charge is 0.493 e. The lowest BCUT2D eigenvalue weighted by atomic mass is 10.1. The molecular weight excluding hydrogens is 393 g/mol. The second-order valence-corrected chi connectivity index (χ2v) is 7.03. The smallest absolute Gasteiger partial charge is 0.293 e. The standard InChI is InChI=1S/C19H15ClFNO4S/c1-25-15-8-12(7-14(20)17(15)26-2)9-16-18(23)22(19(24)27-16)10-11-3-5-13(21)6-4-11/h3-9H,10H2,1-2H3/b16-9-. The van der Waals surface area contributed by atoms with Crippen LogP contribution in [-0.2, 0) is 11.3 Å². The Bertz CT molecular complexity index is 930. The molecule has 0 aromatic heterocycles. The van der Waals surface area contributed by atoms with Crippen molar-refractivity contribution in [2.24, 2.45) is 0 Å². The fourth-order valence-electron chi connectivity index (χ4n) is 2.58. The molecule has 8 heteroatoms. The SMILES string of the molecule is COc1cc(/C=C2\SC(=O)N(Cc3ccc(F)cc3)C2=O)cc(Cl)c1OC. The first-order valence-electron chi connectivity index (χ1n) is 7.84. The number of rotatable bonds is 5. The van der Waals surface area contributed by atoms with Gasteiger partial charge in [0.15, 0.2) is 11.5 Å². The molecule has 0 atom stereocenters. The summed E-state index contributed by atoms with van der Waals surface area (Å²) in [5.41, 5.74) is 1.26. The summed E-state index contributed by atoms with van der Waals surface area (Å²) < 4.78 is 23.4. The number of halogens is 2. The van der Waals surface area contributed by atoms with Crippen LogP contribution in [-0.4, -0.2) is 30.3 Å². The third-order valence-electron chi connectivity index (χ3n) is 3.88. The molecule has 1 fully saturated rings. The number of carbonyl (C=O) groups is 2. The van der Waals surface area contributed by atoms with Crippen LogP contribution in [0, 0.1) is 5.82 Å². The van der Waals surface area contributed by atoms with E-state index in [0.717, 1.165) is 16.7 Å². The van der Waals surface area contributed by atoms with E-state index in [4.69, 9.17) is 21.1 Å². The average molecular weight is 408 g/mol. The predicted molar refractivity (Wildman–Crippen MR) is 102 cm³/mol. The average Bonchev–Trinajstić information content (AvgIpc) is 2.90. The van der Waals surface area contributed by atoms with Gasteiger partial charge in [0.1, 0.15) is 5.82 Å². The zero-order valence-electron chi connectivity index (χ0n) is 14.5. The first-order valence-corrected chi connectivity index (χ1v) is 9.03. The third-order valence-corrected chi connectivity index (χ3v) is 5.07. The van der Waals surface area contributed by atoms with E-state index in [0.29, 0.717) is 27.6 Å². The number of carbonyl (C=O) groups excluding carboxylic acids is 2. The highest BCUT2D eigenvalue weighted by Crippen LogP contribution is 2.38. The molecule has 0 saturated carbocycles. The van der Waals surface area contributed by atoms with Crippen molar-refractivity contribution in [1.29, 1.82) is 0 Å². The van der Waals surface area contributed by atoms with E-state index in [2.05, 4.69) is 0 Å². The summed E-state index contributed by atoms with van der Waals surface area (Å²) in [6, 6.07) is 8.94. The molecule has 2 aromatic carbocycles. The van der Waals surface area contributed by atoms with E-state index < -0.39 is 5.91 Å². The molecule has 0 bridgehead atoms. The summed E-state index contributed by atoms with van der Waals surface area (Å²) >= 11 is 7.02. The van der Waals surface area contributed by atoms with Gasteiger partial charge in [-0.25, -0.2) is 4.39 Å². The number of methoxy groups -OCH3 is 2. The highest BCUT2D eigenvalue weighted by Gasteiger charge is 2.35. The monoisotopic (exact) mass is 407 g/mol. The van der Waals surface area contributed by atoms with Crippen molar-refractivity contribution in [3.05, 3.63) is 63.3 Å². The summed E-state index contributed by atoms with van der Waals surface area (Å²) in [7, 11) is 2.96. The summed E-state index contributed by atoms with van der Waals surface area (Å²) in [5.74, 6) is 0.0147. The van der Waals surface area contributed by atoms with Crippen LogP contribution in [0.25, 0.3) is 6.08 Å². The lowest BCUT2D eigenvalue weighted by molar-refractivity contribution is -0.123. The van der Waals surface area contributed by atoms with Crippen LogP contribution in [0.15, 0.2) is 41.3 Å². The van der Waals surface area contributed by atoms with Crippen LogP contribution in [0.1, 0.15) is 11.1 Å². The first-order chi connectivity index (χ1) is 12.9. The molecule has 1 saturated heterocycles. The third kappa shape index (κ3) is 4.09. The molecule has 1 heterocycles. The van der Waals surface area contributed by atoms with Crippen molar-refractivity contribution < 1.29 is 23.5 Å². The predicted octanol–water partition coefficient (Wildman–Crippen LogP) is 4.73. The Morgan fingerprint density at radius 3 is 2.48 bits per heavy atom. The molecule has 0 radical (unpaired) electrons. The zero-order valence-corrected chi connectivity index (χ0v) is 16.1. The minimum absolute atomic E-state index is 0.0783. The van der Waals surface area contributed by atoms with Gasteiger partial charge in [-0.05, 0) is 53.2 Å². The van der Waals surface area contributed by atoms with E-state index in [-0.39, 0.29) is 22.5 Å². The Balaban J connectivity index is 1.86. The second-order valence-electron chi connectivity index (χ2n) is 5.63. The Morgan fingerprint density at radius 1 is 1.15 bits per heavy atom. The van der Waals surface area contributed by atoms with Gasteiger partial charge >= 0.3 is 0 Å². The fraction of sp³-hybridized carbons (Fsp3) is 0.158. The van der Waals surface area contributed by atoms with E-state index in [1.165, 1.54) is 38.5 Å². The summed E-state index contributed by atoms with van der Waals surface area (Å²) in [4.78, 5) is 26.2. The number of benzene rings is 2. The number of imide groups is 1. The highest BCUT2D eigenvalue weighted by atomic mass is 35.5.